The predicted octanol–water partition coefficient (Wildman–Crippen LogP) is 1.83. The van der Waals surface area contributed by atoms with Crippen LogP contribution in [0.1, 0.15) is 26.3 Å². The molecule has 4 nitrogen and oxygen atoms in total. The Kier molecular flexibility index (Phi) is 4.62. The van der Waals surface area contributed by atoms with Crippen LogP contribution in [0.4, 0.5) is 5.95 Å². The van der Waals surface area contributed by atoms with Gasteiger partial charge in [-0.1, -0.05) is 0 Å². The van der Waals surface area contributed by atoms with Gasteiger partial charge in [-0.15, -0.1) is 0 Å². The van der Waals surface area contributed by atoms with Crippen molar-refractivity contribution in [2.24, 2.45) is 0 Å². The van der Waals surface area contributed by atoms with Crippen molar-refractivity contribution >= 4 is 5.95 Å². The smallest absolute Gasteiger partial charge is 0.203 e. The lowest BCUT2D eigenvalue weighted by Gasteiger charge is -2.13. The number of rotatable bonds is 6. The fourth-order valence-electron chi connectivity index (χ4n) is 1.46. The number of anilines is 1. The summed E-state index contributed by atoms with van der Waals surface area (Å²) in [4.78, 5) is 6.48. The van der Waals surface area contributed by atoms with Gasteiger partial charge in [-0.2, -0.15) is 0 Å². The summed E-state index contributed by atoms with van der Waals surface area (Å²) in [6.45, 7) is 6.40. The van der Waals surface area contributed by atoms with Gasteiger partial charge in [0.25, 0.3) is 0 Å². The maximum absolute atomic E-state index is 4.29. The molecule has 0 radical (unpaired) electrons. The summed E-state index contributed by atoms with van der Waals surface area (Å²) in [5, 5.41) is 3.36. The Hall–Kier alpha value is -1.03. The van der Waals surface area contributed by atoms with Crippen LogP contribution in [-0.4, -0.2) is 41.6 Å². The highest BCUT2D eigenvalue weighted by Crippen LogP contribution is 2.11. The van der Waals surface area contributed by atoms with Gasteiger partial charge in [0.1, 0.15) is 0 Å². The second kappa shape index (κ2) is 5.75. The van der Waals surface area contributed by atoms with Gasteiger partial charge in [0.2, 0.25) is 5.95 Å². The molecule has 1 aromatic rings. The first-order chi connectivity index (χ1) is 7.11. The van der Waals surface area contributed by atoms with Gasteiger partial charge in [-0.3, -0.25) is 0 Å². The standard InChI is InChI=1S/C11H22N4/c1-10(2)15-9-7-13-11(15)12-6-5-8-14(3)4/h7,9-10H,5-6,8H2,1-4H3,(H,12,13). The number of imidazole rings is 1. The molecule has 1 heterocycles. The van der Waals surface area contributed by atoms with Crippen molar-refractivity contribution in [2.75, 3.05) is 32.5 Å². The van der Waals surface area contributed by atoms with Gasteiger partial charge in [0.15, 0.2) is 0 Å². The van der Waals surface area contributed by atoms with Crippen molar-refractivity contribution in [2.45, 2.75) is 26.3 Å². The van der Waals surface area contributed by atoms with Gasteiger partial charge >= 0.3 is 0 Å². The summed E-state index contributed by atoms with van der Waals surface area (Å²) in [7, 11) is 4.18. The molecule has 0 amide bonds. The predicted molar refractivity (Wildman–Crippen MR) is 64.3 cm³/mol. The molecule has 0 fully saturated rings. The summed E-state index contributed by atoms with van der Waals surface area (Å²) in [6, 6.07) is 0.462. The topological polar surface area (TPSA) is 33.1 Å². The summed E-state index contributed by atoms with van der Waals surface area (Å²) < 4.78 is 2.15. The fourth-order valence-corrected chi connectivity index (χ4v) is 1.46. The average molecular weight is 210 g/mol. The molecule has 1 rings (SSSR count). The van der Waals surface area contributed by atoms with Gasteiger partial charge in [0, 0.05) is 25.0 Å². The van der Waals surface area contributed by atoms with Crippen LogP contribution >= 0.6 is 0 Å². The van der Waals surface area contributed by atoms with Crippen LogP contribution in [0.25, 0.3) is 0 Å². The number of nitrogens with zero attached hydrogens (tertiary/aromatic N) is 3. The minimum absolute atomic E-state index is 0.462. The Morgan fingerprint density at radius 3 is 2.80 bits per heavy atom. The Morgan fingerprint density at radius 1 is 1.47 bits per heavy atom. The molecule has 0 spiro atoms. The third-order valence-corrected chi connectivity index (χ3v) is 2.29. The van der Waals surface area contributed by atoms with Gasteiger partial charge < -0.3 is 14.8 Å². The molecule has 0 atom stereocenters. The highest BCUT2D eigenvalue weighted by Gasteiger charge is 2.04. The molecule has 1 N–H and O–H groups in total. The van der Waals surface area contributed by atoms with E-state index in [9.17, 15) is 0 Å². The van der Waals surface area contributed by atoms with Crippen molar-refractivity contribution in [3.63, 3.8) is 0 Å². The molecule has 1 aromatic heterocycles. The highest BCUT2D eigenvalue weighted by molar-refractivity contribution is 5.26. The Labute approximate surface area is 92.3 Å². The van der Waals surface area contributed by atoms with Crippen LogP contribution in [0.3, 0.4) is 0 Å². The van der Waals surface area contributed by atoms with Crippen LogP contribution < -0.4 is 5.32 Å². The molecule has 0 aliphatic carbocycles. The highest BCUT2D eigenvalue weighted by atomic mass is 15.2. The average Bonchev–Trinajstić information content (AvgIpc) is 2.60. The monoisotopic (exact) mass is 210 g/mol. The molecule has 0 saturated heterocycles. The van der Waals surface area contributed by atoms with E-state index in [1.54, 1.807) is 0 Å². The molecule has 0 aromatic carbocycles. The van der Waals surface area contributed by atoms with Crippen molar-refractivity contribution in [1.29, 1.82) is 0 Å². The third kappa shape index (κ3) is 3.91. The van der Waals surface area contributed by atoms with E-state index in [0.717, 1.165) is 25.5 Å². The maximum atomic E-state index is 4.29. The van der Waals surface area contributed by atoms with E-state index < -0.39 is 0 Å². The molecular weight excluding hydrogens is 188 g/mol. The van der Waals surface area contributed by atoms with E-state index in [4.69, 9.17) is 0 Å². The molecule has 0 aliphatic heterocycles. The summed E-state index contributed by atoms with van der Waals surface area (Å²) in [5.74, 6) is 0.976. The number of aromatic nitrogens is 2. The van der Waals surface area contributed by atoms with E-state index in [-0.39, 0.29) is 0 Å². The number of nitrogens with one attached hydrogen (secondary N) is 1. The van der Waals surface area contributed by atoms with Crippen molar-refractivity contribution in [3.8, 4) is 0 Å². The number of hydrogen-bond donors (Lipinski definition) is 1. The van der Waals surface area contributed by atoms with Crippen LogP contribution in [0, 0.1) is 0 Å². The first kappa shape index (κ1) is 12.0. The lowest BCUT2D eigenvalue weighted by Crippen LogP contribution is -2.17. The largest absolute Gasteiger partial charge is 0.356 e. The van der Waals surface area contributed by atoms with Crippen molar-refractivity contribution in [3.05, 3.63) is 12.4 Å². The second-order valence-electron chi connectivity index (χ2n) is 4.34. The molecule has 4 heteroatoms. The summed E-state index contributed by atoms with van der Waals surface area (Å²) in [5.41, 5.74) is 0. The van der Waals surface area contributed by atoms with Crippen LogP contribution in [-0.2, 0) is 0 Å². The van der Waals surface area contributed by atoms with E-state index in [1.165, 1.54) is 0 Å². The van der Waals surface area contributed by atoms with Crippen LogP contribution in [0.5, 0.6) is 0 Å². The van der Waals surface area contributed by atoms with Gasteiger partial charge in [0.05, 0.1) is 0 Å². The zero-order valence-electron chi connectivity index (χ0n) is 10.2. The minimum atomic E-state index is 0.462. The van der Waals surface area contributed by atoms with Crippen molar-refractivity contribution < 1.29 is 0 Å². The molecule has 0 unspecified atom stereocenters. The van der Waals surface area contributed by atoms with Crippen LogP contribution in [0.2, 0.25) is 0 Å². The van der Waals surface area contributed by atoms with Gasteiger partial charge in [-0.25, -0.2) is 4.98 Å². The Balaban J connectivity index is 2.34. The van der Waals surface area contributed by atoms with E-state index in [1.807, 2.05) is 12.4 Å². The summed E-state index contributed by atoms with van der Waals surface area (Å²) in [6.07, 6.45) is 4.99. The molecule has 86 valence electrons. The fraction of sp³-hybridized carbons (Fsp3) is 0.727. The SMILES string of the molecule is CC(C)n1ccnc1NCCCN(C)C. The van der Waals surface area contributed by atoms with Crippen molar-refractivity contribution in [1.82, 2.24) is 14.5 Å². The van der Waals surface area contributed by atoms with Gasteiger partial charge in [-0.05, 0) is 40.9 Å². The molecule has 15 heavy (non-hydrogen) atoms. The second-order valence-corrected chi connectivity index (χ2v) is 4.34. The molecular formula is C11H22N4. The Morgan fingerprint density at radius 2 is 2.20 bits per heavy atom. The maximum Gasteiger partial charge on any atom is 0.203 e. The first-order valence-corrected chi connectivity index (χ1v) is 5.52. The number of hydrogen-bond acceptors (Lipinski definition) is 3. The van der Waals surface area contributed by atoms with E-state index in [0.29, 0.717) is 6.04 Å². The zero-order valence-corrected chi connectivity index (χ0v) is 10.2. The Bertz CT molecular complexity index is 278. The lowest BCUT2D eigenvalue weighted by atomic mass is 10.4. The van der Waals surface area contributed by atoms with E-state index >= 15 is 0 Å². The first-order valence-electron chi connectivity index (χ1n) is 5.52. The summed E-state index contributed by atoms with van der Waals surface area (Å²) >= 11 is 0. The lowest BCUT2D eigenvalue weighted by molar-refractivity contribution is 0.405. The molecule has 0 saturated carbocycles. The minimum Gasteiger partial charge on any atom is -0.356 e. The normalized spacial score (nSPS) is 11.3. The molecule has 0 aliphatic rings. The van der Waals surface area contributed by atoms with E-state index in [2.05, 4.69) is 47.7 Å². The quantitative estimate of drug-likeness (QED) is 0.727. The molecule has 0 bridgehead atoms. The zero-order chi connectivity index (χ0) is 11.3. The third-order valence-electron chi connectivity index (χ3n) is 2.29. The van der Waals surface area contributed by atoms with Crippen LogP contribution in [0.15, 0.2) is 12.4 Å².